The molecular weight excluding hydrogens is 195 g/mol. The van der Waals surface area contributed by atoms with Gasteiger partial charge in [0.25, 0.3) is 0 Å². The fraction of sp³-hybridized carbons (Fsp3) is 1.00. The average Bonchev–Trinajstić information content (AvgIpc) is 2.47. The first-order valence-corrected chi connectivity index (χ1v) is 4.74. The van der Waals surface area contributed by atoms with Crippen LogP contribution in [0.1, 0.15) is 20.3 Å². The first-order chi connectivity index (χ1) is 6.32. The number of aliphatic hydroxyl groups excluding tert-OH is 1. The quantitative estimate of drug-likeness (QED) is 0.750. The normalized spacial score (nSPS) is 30.2. The molecule has 1 saturated heterocycles. The smallest absolute Gasteiger partial charge is 0.395 e. The molecule has 1 N–H and O–H groups in total. The van der Waals surface area contributed by atoms with Crippen LogP contribution in [0.15, 0.2) is 0 Å². The fourth-order valence-corrected chi connectivity index (χ4v) is 1.80. The molecule has 0 spiro atoms. The number of hydrogen-bond acceptors (Lipinski definition) is 2. The summed E-state index contributed by atoms with van der Waals surface area (Å²) in [5, 5.41) is 8.91. The van der Waals surface area contributed by atoms with E-state index in [1.807, 2.05) is 13.8 Å². The van der Waals surface area contributed by atoms with E-state index in [9.17, 15) is 13.2 Å². The van der Waals surface area contributed by atoms with Crippen LogP contribution in [0.3, 0.4) is 0 Å². The molecule has 5 heteroatoms. The van der Waals surface area contributed by atoms with E-state index in [0.717, 1.165) is 0 Å². The molecule has 84 valence electrons. The van der Waals surface area contributed by atoms with Gasteiger partial charge in [-0.05, 0) is 26.8 Å². The first kappa shape index (κ1) is 11.8. The second-order valence-corrected chi connectivity index (χ2v) is 4.25. The van der Waals surface area contributed by atoms with E-state index in [1.165, 1.54) is 0 Å². The highest BCUT2D eigenvalue weighted by Gasteiger charge is 2.57. The van der Waals surface area contributed by atoms with E-state index in [4.69, 9.17) is 5.11 Å². The molecule has 0 radical (unpaired) electrons. The van der Waals surface area contributed by atoms with Crippen molar-refractivity contribution >= 4 is 0 Å². The van der Waals surface area contributed by atoms with E-state index in [2.05, 4.69) is 0 Å². The van der Waals surface area contributed by atoms with Gasteiger partial charge in [-0.1, -0.05) is 0 Å². The van der Waals surface area contributed by atoms with Gasteiger partial charge in [0, 0.05) is 12.6 Å². The van der Waals surface area contributed by atoms with Crippen molar-refractivity contribution in [1.82, 2.24) is 4.90 Å². The fourth-order valence-electron chi connectivity index (χ4n) is 1.80. The maximum absolute atomic E-state index is 12.7. The van der Waals surface area contributed by atoms with Crippen LogP contribution < -0.4 is 0 Å². The van der Waals surface area contributed by atoms with Crippen LogP contribution in [0, 0.1) is 5.41 Å². The zero-order valence-electron chi connectivity index (χ0n) is 8.43. The largest absolute Gasteiger partial charge is 0.397 e. The van der Waals surface area contributed by atoms with Gasteiger partial charge >= 0.3 is 6.18 Å². The predicted octanol–water partition coefficient (Wildman–Crippen LogP) is 1.64. The molecule has 0 aromatic rings. The van der Waals surface area contributed by atoms with E-state index < -0.39 is 18.2 Å². The molecule has 1 atom stereocenters. The number of nitrogens with zero attached hydrogens (tertiary/aromatic N) is 1. The third kappa shape index (κ3) is 1.88. The van der Waals surface area contributed by atoms with Gasteiger partial charge in [-0.25, -0.2) is 0 Å². The van der Waals surface area contributed by atoms with Crippen LogP contribution in [0.2, 0.25) is 0 Å². The van der Waals surface area contributed by atoms with Gasteiger partial charge in [-0.3, -0.25) is 4.90 Å². The summed E-state index contributed by atoms with van der Waals surface area (Å²) < 4.78 is 38.0. The Morgan fingerprint density at radius 2 is 2.00 bits per heavy atom. The third-order valence-corrected chi connectivity index (χ3v) is 3.02. The van der Waals surface area contributed by atoms with Crippen LogP contribution in [-0.4, -0.2) is 41.9 Å². The highest BCUT2D eigenvalue weighted by Crippen LogP contribution is 2.45. The number of hydrogen-bond donors (Lipinski definition) is 1. The van der Waals surface area contributed by atoms with Crippen molar-refractivity contribution in [3.8, 4) is 0 Å². The molecular formula is C9H16F3NO. The summed E-state index contributed by atoms with van der Waals surface area (Å²) in [4.78, 5) is 1.75. The first-order valence-electron chi connectivity index (χ1n) is 4.74. The predicted molar refractivity (Wildman–Crippen MR) is 46.9 cm³/mol. The highest BCUT2D eigenvalue weighted by atomic mass is 19.4. The summed E-state index contributed by atoms with van der Waals surface area (Å²) in [6, 6.07) is 0.103. The molecule has 1 fully saturated rings. The van der Waals surface area contributed by atoms with Gasteiger partial charge in [-0.15, -0.1) is 0 Å². The van der Waals surface area contributed by atoms with Gasteiger partial charge in [0.2, 0.25) is 0 Å². The van der Waals surface area contributed by atoms with Crippen LogP contribution in [-0.2, 0) is 0 Å². The maximum Gasteiger partial charge on any atom is 0.397 e. The Hall–Kier alpha value is -0.290. The SMILES string of the molecule is CC(C)N1CCC(CO)(C(F)(F)F)C1. The van der Waals surface area contributed by atoms with Crippen LogP contribution in [0.5, 0.6) is 0 Å². The molecule has 1 rings (SSSR count). The summed E-state index contributed by atoms with van der Waals surface area (Å²) in [6.45, 7) is 3.26. The minimum Gasteiger partial charge on any atom is -0.395 e. The Bertz CT molecular complexity index is 205. The lowest BCUT2D eigenvalue weighted by Gasteiger charge is -2.30. The van der Waals surface area contributed by atoms with Crippen LogP contribution in [0.4, 0.5) is 13.2 Å². The minimum atomic E-state index is -4.30. The van der Waals surface area contributed by atoms with Crippen molar-refractivity contribution in [1.29, 1.82) is 0 Å². The maximum atomic E-state index is 12.7. The zero-order valence-corrected chi connectivity index (χ0v) is 8.43. The summed E-state index contributed by atoms with van der Waals surface area (Å²) in [5.41, 5.74) is -1.89. The molecule has 2 nitrogen and oxygen atoms in total. The van der Waals surface area contributed by atoms with Crippen molar-refractivity contribution in [2.45, 2.75) is 32.5 Å². The Kier molecular flexibility index (Phi) is 3.11. The Labute approximate surface area is 81.7 Å². The Balaban J connectivity index is 2.77. The molecule has 14 heavy (non-hydrogen) atoms. The Morgan fingerprint density at radius 3 is 2.21 bits per heavy atom. The lowest BCUT2D eigenvalue weighted by atomic mass is 9.87. The summed E-state index contributed by atoms with van der Waals surface area (Å²) in [5.74, 6) is 0. The zero-order chi connectivity index (χ0) is 11.0. The standard InChI is InChI=1S/C9H16F3NO/c1-7(2)13-4-3-8(5-13,6-14)9(10,11)12/h7,14H,3-6H2,1-2H3. The minimum absolute atomic E-state index is 0.00514. The van der Waals surface area contributed by atoms with E-state index >= 15 is 0 Å². The van der Waals surface area contributed by atoms with Gasteiger partial charge in [0.05, 0.1) is 6.61 Å². The summed E-state index contributed by atoms with van der Waals surface area (Å²) in [6.07, 6.45) is -4.30. The molecule has 1 unspecified atom stereocenters. The average molecular weight is 211 g/mol. The van der Waals surface area contributed by atoms with E-state index in [0.29, 0.717) is 6.54 Å². The molecule has 0 aliphatic carbocycles. The van der Waals surface area contributed by atoms with Crippen molar-refractivity contribution in [3.63, 3.8) is 0 Å². The summed E-state index contributed by atoms with van der Waals surface area (Å²) >= 11 is 0. The monoisotopic (exact) mass is 211 g/mol. The van der Waals surface area contributed by atoms with Crippen molar-refractivity contribution < 1.29 is 18.3 Å². The highest BCUT2D eigenvalue weighted by molar-refractivity contribution is 4.95. The molecule has 1 aliphatic rings. The van der Waals surface area contributed by atoms with Crippen molar-refractivity contribution in [3.05, 3.63) is 0 Å². The number of rotatable bonds is 2. The molecule has 0 aromatic carbocycles. The van der Waals surface area contributed by atoms with E-state index in [1.54, 1.807) is 4.90 Å². The van der Waals surface area contributed by atoms with Crippen LogP contribution >= 0.6 is 0 Å². The van der Waals surface area contributed by atoms with Gasteiger partial charge in [0.15, 0.2) is 0 Å². The number of alkyl halides is 3. The number of halogens is 3. The lowest BCUT2D eigenvalue weighted by molar-refractivity contribution is -0.230. The second kappa shape index (κ2) is 3.70. The van der Waals surface area contributed by atoms with Crippen molar-refractivity contribution in [2.24, 2.45) is 5.41 Å². The van der Waals surface area contributed by atoms with Gasteiger partial charge < -0.3 is 5.11 Å². The third-order valence-electron chi connectivity index (χ3n) is 3.02. The van der Waals surface area contributed by atoms with Crippen LogP contribution in [0.25, 0.3) is 0 Å². The van der Waals surface area contributed by atoms with Gasteiger partial charge in [0.1, 0.15) is 5.41 Å². The van der Waals surface area contributed by atoms with Crippen molar-refractivity contribution in [2.75, 3.05) is 19.7 Å². The molecule has 0 aromatic heterocycles. The summed E-state index contributed by atoms with van der Waals surface area (Å²) in [7, 11) is 0. The van der Waals surface area contributed by atoms with E-state index in [-0.39, 0.29) is 19.0 Å². The number of likely N-dealkylation sites (tertiary alicyclic amines) is 1. The molecule has 0 bridgehead atoms. The molecule has 1 aliphatic heterocycles. The lowest BCUT2D eigenvalue weighted by Crippen LogP contribution is -2.44. The molecule has 0 amide bonds. The Morgan fingerprint density at radius 1 is 1.43 bits per heavy atom. The topological polar surface area (TPSA) is 23.5 Å². The molecule has 0 saturated carbocycles. The number of aliphatic hydroxyl groups is 1. The van der Waals surface area contributed by atoms with Gasteiger partial charge in [-0.2, -0.15) is 13.2 Å². The second-order valence-electron chi connectivity index (χ2n) is 4.25. The molecule has 1 heterocycles.